The number of pyridine rings is 1. The monoisotopic (exact) mass is 413 g/mol. The number of hydrogen-bond acceptors (Lipinski definition) is 4. The van der Waals surface area contributed by atoms with E-state index in [1.807, 2.05) is 27.7 Å². The molecule has 0 aliphatic heterocycles. The SMILES string of the molecule is C=CN=C(N=CCC(O)c1c(C(C)C)nc2c(c1C)C(O)CC(C)(C)C2)C(C)(C)C. The molecule has 0 saturated carbocycles. The summed E-state index contributed by atoms with van der Waals surface area (Å²) in [6.07, 6.45) is 3.82. The van der Waals surface area contributed by atoms with Crippen LogP contribution in [0.2, 0.25) is 0 Å². The highest BCUT2D eigenvalue weighted by Gasteiger charge is 2.35. The Bertz CT molecular complexity index is 845. The molecule has 5 heteroatoms. The Hall–Kier alpha value is -1.85. The molecule has 2 atom stereocenters. The third kappa shape index (κ3) is 5.44. The third-order valence-electron chi connectivity index (χ3n) is 5.68. The Balaban J connectivity index is 2.43. The minimum absolute atomic E-state index is 0.0146. The zero-order valence-corrected chi connectivity index (χ0v) is 20.0. The van der Waals surface area contributed by atoms with Gasteiger partial charge in [-0.05, 0) is 36.7 Å². The molecule has 2 rings (SSSR count). The van der Waals surface area contributed by atoms with Crippen LogP contribution in [0, 0.1) is 17.8 Å². The van der Waals surface area contributed by atoms with Crippen molar-refractivity contribution >= 4 is 12.1 Å². The maximum atomic E-state index is 11.1. The summed E-state index contributed by atoms with van der Waals surface area (Å²) in [5.41, 5.74) is 4.37. The summed E-state index contributed by atoms with van der Waals surface area (Å²) in [7, 11) is 0. The Morgan fingerprint density at radius 2 is 1.97 bits per heavy atom. The largest absolute Gasteiger partial charge is 0.388 e. The number of rotatable bonds is 5. The van der Waals surface area contributed by atoms with Gasteiger partial charge in [0, 0.05) is 46.8 Å². The predicted molar refractivity (Wildman–Crippen MR) is 125 cm³/mol. The molecule has 5 nitrogen and oxygen atoms in total. The molecule has 0 amide bonds. The zero-order chi connectivity index (χ0) is 22.9. The normalized spacial score (nSPS) is 20.5. The number of aliphatic hydroxyl groups is 2. The van der Waals surface area contributed by atoms with Crippen LogP contribution >= 0.6 is 0 Å². The lowest BCUT2D eigenvalue weighted by Crippen LogP contribution is -2.29. The van der Waals surface area contributed by atoms with Gasteiger partial charge in [0.2, 0.25) is 0 Å². The maximum Gasteiger partial charge on any atom is 0.133 e. The average Bonchev–Trinajstić information content (AvgIpc) is 2.57. The number of hydrogen-bond donors (Lipinski definition) is 2. The molecular formula is C25H39N3O2. The third-order valence-corrected chi connectivity index (χ3v) is 5.68. The molecule has 1 aliphatic rings. The van der Waals surface area contributed by atoms with Gasteiger partial charge in [0.1, 0.15) is 5.84 Å². The van der Waals surface area contributed by atoms with Crippen molar-refractivity contribution in [3.63, 3.8) is 0 Å². The van der Waals surface area contributed by atoms with Gasteiger partial charge in [-0.25, -0.2) is 9.98 Å². The van der Waals surface area contributed by atoms with Crippen LogP contribution in [-0.4, -0.2) is 27.2 Å². The minimum Gasteiger partial charge on any atom is -0.388 e. The summed E-state index contributed by atoms with van der Waals surface area (Å²) in [5, 5.41) is 21.9. The molecule has 0 saturated heterocycles. The highest BCUT2D eigenvalue weighted by molar-refractivity contribution is 5.93. The Morgan fingerprint density at radius 1 is 1.33 bits per heavy atom. The van der Waals surface area contributed by atoms with Gasteiger partial charge >= 0.3 is 0 Å². The highest BCUT2D eigenvalue weighted by atomic mass is 16.3. The number of aliphatic imine (C=N–C) groups is 2. The molecule has 0 aromatic carbocycles. The molecule has 166 valence electrons. The summed E-state index contributed by atoms with van der Waals surface area (Å²) in [5.74, 6) is 0.844. The lowest BCUT2D eigenvalue weighted by atomic mass is 9.72. The highest BCUT2D eigenvalue weighted by Crippen LogP contribution is 2.44. The number of amidine groups is 1. The molecular weight excluding hydrogens is 374 g/mol. The summed E-state index contributed by atoms with van der Waals surface area (Å²) in [6.45, 7) is 20.3. The Morgan fingerprint density at radius 3 is 2.50 bits per heavy atom. The first-order chi connectivity index (χ1) is 13.8. The van der Waals surface area contributed by atoms with E-state index >= 15 is 0 Å². The first-order valence-electron chi connectivity index (χ1n) is 10.9. The molecule has 0 radical (unpaired) electrons. The smallest absolute Gasteiger partial charge is 0.133 e. The second kappa shape index (κ2) is 9.11. The standard InChI is InChI=1S/C25H39N3O2/c1-10-26-23(24(5,6)7)27-12-11-18(29)21-16(4)20-17(28-22(21)15(2)3)13-25(8,9)14-19(20)30/h10,12,15,18-19,29-30H,1,11,13-14H2,2-9H3. The van der Waals surface area contributed by atoms with Gasteiger partial charge < -0.3 is 10.2 Å². The van der Waals surface area contributed by atoms with Crippen molar-refractivity contribution in [3.05, 3.63) is 40.9 Å². The fourth-order valence-corrected chi connectivity index (χ4v) is 4.27. The fraction of sp³-hybridized carbons (Fsp3) is 0.640. The summed E-state index contributed by atoms with van der Waals surface area (Å²) in [6, 6.07) is 0. The number of aliphatic hydroxyl groups excluding tert-OH is 2. The average molecular weight is 414 g/mol. The van der Waals surface area contributed by atoms with Crippen LogP contribution in [0.15, 0.2) is 22.8 Å². The molecule has 1 aromatic heterocycles. The minimum atomic E-state index is -0.740. The van der Waals surface area contributed by atoms with Gasteiger partial charge in [-0.3, -0.25) is 4.98 Å². The van der Waals surface area contributed by atoms with E-state index in [0.717, 1.165) is 34.5 Å². The van der Waals surface area contributed by atoms with E-state index in [0.29, 0.717) is 18.7 Å². The molecule has 0 bridgehead atoms. The van der Waals surface area contributed by atoms with Crippen molar-refractivity contribution in [1.29, 1.82) is 0 Å². The second-order valence-corrected chi connectivity index (χ2v) is 10.6. The zero-order valence-electron chi connectivity index (χ0n) is 20.0. The predicted octanol–water partition coefficient (Wildman–Crippen LogP) is 5.60. The van der Waals surface area contributed by atoms with Gasteiger partial charge in [0.05, 0.1) is 12.2 Å². The van der Waals surface area contributed by atoms with Gasteiger partial charge in [-0.2, -0.15) is 0 Å². The molecule has 0 fully saturated rings. The Kier molecular flexibility index (Phi) is 7.41. The molecule has 2 unspecified atom stereocenters. The summed E-state index contributed by atoms with van der Waals surface area (Å²) >= 11 is 0. The molecule has 1 aromatic rings. The van der Waals surface area contributed by atoms with Crippen LogP contribution in [0.3, 0.4) is 0 Å². The van der Waals surface area contributed by atoms with Crippen molar-refractivity contribution in [2.45, 2.75) is 92.8 Å². The number of aromatic nitrogens is 1. The quantitative estimate of drug-likeness (QED) is 0.487. The van der Waals surface area contributed by atoms with Gasteiger partial charge in [0.15, 0.2) is 0 Å². The molecule has 1 aliphatic carbocycles. The topological polar surface area (TPSA) is 78.1 Å². The number of nitrogens with zero attached hydrogens (tertiary/aromatic N) is 3. The van der Waals surface area contributed by atoms with E-state index < -0.39 is 12.2 Å². The van der Waals surface area contributed by atoms with Crippen LogP contribution in [0.1, 0.15) is 108 Å². The molecule has 1 heterocycles. The van der Waals surface area contributed by atoms with E-state index in [1.165, 1.54) is 6.20 Å². The van der Waals surface area contributed by atoms with Gasteiger partial charge in [0.25, 0.3) is 0 Å². The van der Waals surface area contributed by atoms with E-state index in [9.17, 15) is 10.2 Å². The van der Waals surface area contributed by atoms with E-state index in [-0.39, 0.29) is 16.7 Å². The van der Waals surface area contributed by atoms with Crippen LogP contribution in [0.4, 0.5) is 0 Å². The lowest BCUT2D eigenvalue weighted by molar-refractivity contribution is 0.0966. The molecule has 2 N–H and O–H groups in total. The summed E-state index contributed by atoms with van der Waals surface area (Å²) < 4.78 is 0. The number of fused-ring (bicyclic) bond motifs is 1. The first kappa shape index (κ1) is 24.4. The van der Waals surface area contributed by atoms with Crippen molar-refractivity contribution in [3.8, 4) is 0 Å². The molecule has 0 spiro atoms. The van der Waals surface area contributed by atoms with E-state index in [1.54, 1.807) is 6.21 Å². The first-order valence-corrected chi connectivity index (χ1v) is 10.9. The molecule has 30 heavy (non-hydrogen) atoms. The van der Waals surface area contributed by atoms with Crippen molar-refractivity contribution < 1.29 is 10.2 Å². The lowest BCUT2D eigenvalue weighted by Gasteiger charge is -2.36. The summed E-state index contributed by atoms with van der Waals surface area (Å²) in [4.78, 5) is 13.7. The van der Waals surface area contributed by atoms with Crippen LogP contribution in [0.5, 0.6) is 0 Å². The second-order valence-electron chi connectivity index (χ2n) is 10.6. The van der Waals surface area contributed by atoms with Gasteiger partial charge in [-0.15, -0.1) is 0 Å². The maximum absolute atomic E-state index is 11.1. The van der Waals surface area contributed by atoms with Crippen LogP contribution < -0.4 is 0 Å². The van der Waals surface area contributed by atoms with Crippen LogP contribution in [-0.2, 0) is 6.42 Å². The van der Waals surface area contributed by atoms with Crippen molar-refractivity contribution in [2.75, 3.05) is 0 Å². The van der Waals surface area contributed by atoms with Crippen molar-refractivity contribution in [1.82, 2.24) is 4.98 Å². The Labute approximate surface area is 182 Å². The van der Waals surface area contributed by atoms with Crippen LogP contribution in [0.25, 0.3) is 0 Å². The fourth-order valence-electron chi connectivity index (χ4n) is 4.27. The van der Waals surface area contributed by atoms with E-state index in [4.69, 9.17) is 4.98 Å². The van der Waals surface area contributed by atoms with Gasteiger partial charge in [-0.1, -0.05) is 55.0 Å². The van der Waals surface area contributed by atoms with Crippen molar-refractivity contribution in [2.24, 2.45) is 20.8 Å². The van der Waals surface area contributed by atoms with E-state index in [2.05, 4.69) is 44.3 Å².